The minimum Gasteiger partial charge on any atom is -0.462 e. The van der Waals surface area contributed by atoms with Crippen molar-refractivity contribution in [1.82, 2.24) is 0 Å². The highest BCUT2D eigenvalue weighted by Gasteiger charge is 2.19. The molecule has 0 aromatic rings. The van der Waals surface area contributed by atoms with Gasteiger partial charge in [0.1, 0.15) is 13.2 Å². The van der Waals surface area contributed by atoms with E-state index < -0.39 is 6.10 Å². The molecular formula is C68H130O6. The Labute approximate surface area is 462 Å². The number of carbonyl (C=O) groups excluding carboxylic acids is 3. The van der Waals surface area contributed by atoms with Crippen molar-refractivity contribution in [1.29, 1.82) is 0 Å². The molecule has 0 aliphatic carbocycles. The molecule has 0 aliphatic heterocycles. The van der Waals surface area contributed by atoms with Crippen molar-refractivity contribution in [2.75, 3.05) is 13.2 Å². The van der Waals surface area contributed by atoms with Crippen LogP contribution in [0.15, 0.2) is 12.2 Å². The third kappa shape index (κ3) is 61.0. The molecule has 6 heteroatoms. The van der Waals surface area contributed by atoms with Gasteiger partial charge < -0.3 is 14.2 Å². The summed E-state index contributed by atoms with van der Waals surface area (Å²) in [6.45, 7) is 6.72. The Kier molecular flexibility index (Phi) is 62.1. The summed E-state index contributed by atoms with van der Waals surface area (Å²) >= 11 is 0. The third-order valence-corrected chi connectivity index (χ3v) is 15.5. The van der Waals surface area contributed by atoms with E-state index in [9.17, 15) is 14.4 Å². The Morgan fingerprint density at radius 2 is 0.446 bits per heavy atom. The molecule has 6 nitrogen and oxygen atoms in total. The van der Waals surface area contributed by atoms with Gasteiger partial charge in [0.15, 0.2) is 6.10 Å². The summed E-state index contributed by atoms with van der Waals surface area (Å²) in [5.74, 6) is -0.835. The van der Waals surface area contributed by atoms with Crippen molar-refractivity contribution in [3.05, 3.63) is 12.2 Å². The molecule has 0 fully saturated rings. The highest BCUT2D eigenvalue weighted by Crippen LogP contribution is 2.19. The molecule has 0 aromatic heterocycles. The van der Waals surface area contributed by atoms with Crippen LogP contribution in [0.2, 0.25) is 0 Å². The molecule has 74 heavy (non-hydrogen) atoms. The van der Waals surface area contributed by atoms with Gasteiger partial charge in [0, 0.05) is 19.3 Å². The maximum atomic E-state index is 12.9. The molecule has 0 bridgehead atoms. The van der Waals surface area contributed by atoms with Crippen LogP contribution in [-0.2, 0) is 28.6 Å². The lowest BCUT2D eigenvalue weighted by atomic mass is 10.0. The summed E-state index contributed by atoms with van der Waals surface area (Å²) in [7, 11) is 0. The Morgan fingerprint density at radius 3 is 0.676 bits per heavy atom. The molecular weight excluding hydrogens is 913 g/mol. The van der Waals surface area contributed by atoms with Gasteiger partial charge >= 0.3 is 17.9 Å². The minimum atomic E-state index is -0.768. The second kappa shape index (κ2) is 63.7. The molecule has 0 spiro atoms. The molecule has 1 unspecified atom stereocenters. The number of allylic oxidation sites excluding steroid dienone is 2. The van der Waals surface area contributed by atoms with Crippen molar-refractivity contribution in [3.63, 3.8) is 0 Å². The molecule has 0 saturated carbocycles. The maximum absolute atomic E-state index is 12.9. The lowest BCUT2D eigenvalue weighted by molar-refractivity contribution is -0.167. The van der Waals surface area contributed by atoms with Crippen LogP contribution in [0.3, 0.4) is 0 Å². The van der Waals surface area contributed by atoms with Crippen LogP contribution in [0.5, 0.6) is 0 Å². The molecule has 0 aromatic carbocycles. The van der Waals surface area contributed by atoms with E-state index >= 15 is 0 Å². The first-order valence-corrected chi connectivity index (χ1v) is 33.7. The maximum Gasteiger partial charge on any atom is 0.306 e. The lowest BCUT2D eigenvalue weighted by Crippen LogP contribution is -2.30. The molecule has 0 radical (unpaired) electrons. The fourth-order valence-corrected chi connectivity index (χ4v) is 10.4. The zero-order chi connectivity index (χ0) is 53.6. The normalized spacial score (nSPS) is 12.0. The van der Waals surface area contributed by atoms with E-state index in [0.717, 1.165) is 57.8 Å². The highest BCUT2D eigenvalue weighted by atomic mass is 16.6. The van der Waals surface area contributed by atoms with Crippen LogP contribution in [0.1, 0.15) is 387 Å². The van der Waals surface area contributed by atoms with Crippen LogP contribution in [0.25, 0.3) is 0 Å². The summed E-state index contributed by atoms with van der Waals surface area (Å²) in [5.41, 5.74) is 0. The highest BCUT2D eigenvalue weighted by molar-refractivity contribution is 5.71. The standard InChI is InChI=1S/C68H130O6/c1-4-7-10-13-16-19-22-25-28-31-32-33-34-35-38-40-43-46-49-52-55-58-61-67(70)73-64-65(74-68(71)62-59-56-53-50-47-44-41-37-30-27-24-21-18-15-12-9-6-3)63-72-66(69)60-57-54-51-48-45-42-39-36-29-26-23-20-17-14-11-8-5-2/h27,30,65H,4-26,28-29,31-64H2,1-3H3/b30-27-. The Morgan fingerprint density at radius 1 is 0.257 bits per heavy atom. The predicted octanol–water partition coefficient (Wildman–Crippen LogP) is 22.8. The molecule has 0 N–H and O–H groups in total. The first-order chi connectivity index (χ1) is 36.5. The lowest BCUT2D eigenvalue weighted by Gasteiger charge is -2.18. The first kappa shape index (κ1) is 72.2. The zero-order valence-corrected chi connectivity index (χ0v) is 50.4. The van der Waals surface area contributed by atoms with E-state index in [1.165, 1.54) is 289 Å². The number of unbranched alkanes of at least 4 members (excludes halogenated alkanes) is 50. The van der Waals surface area contributed by atoms with Gasteiger partial charge in [0.25, 0.3) is 0 Å². The average Bonchev–Trinajstić information content (AvgIpc) is 3.40. The van der Waals surface area contributed by atoms with E-state index in [1.807, 2.05) is 0 Å². The molecule has 0 aliphatic rings. The average molecular weight is 1040 g/mol. The fourth-order valence-electron chi connectivity index (χ4n) is 10.4. The summed E-state index contributed by atoms with van der Waals surface area (Å²) in [6.07, 6.45) is 75.1. The summed E-state index contributed by atoms with van der Waals surface area (Å²) in [5, 5.41) is 0. The second-order valence-corrected chi connectivity index (χ2v) is 23.1. The van der Waals surface area contributed by atoms with Crippen LogP contribution in [-0.4, -0.2) is 37.2 Å². The monoisotopic (exact) mass is 1040 g/mol. The second-order valence-electron chi connectivity index (χ2n) is 23.1. The van der Waals surface area contributed by atoms with E-state index in [1.54, 1.807) is 0 Å². The number of carbonyl (C=O) groups is 3. The van der Waals surface area contributed by atoms with Gasteiger partial charge in [-0.2, -0.15) is 0 Å². The van der Waals surface area contributed by atoms with Crippen molar-refractivity contribution >= 4 is 17.9 Å². The molecule has 438 valence electrons. The predicted molar refractivity (Wildman–Crippen MR) is 321 cm³/mol. The first-order valence-electron chi connectivity index (χ1n) is 33.7. The topological polar surface area (TPSA) is 78.9 Å². The van der Waals surface area contributed by atoms with Gasteiger partial charge in [-0.15, -0.1) is 0 Å². The SMILES string of the molecule is CCCCCCCC/C=C\CCCCCCCCCC(=O)OC(COC(=O)CCCCCCCCCCCCCCCCCCC)COC(=O)CCCCCCCCCCCCCCCCCCCCCCCC. The van der Waals surface area contributed by atoms with E-state index in [4.69, 9.17) is 14.2 Å². The number of esters is 3. The van der Waals surface area contributed by atoms with Crippen LogP contribution < -0.4 is 0 Å². The number of hydrogen-bond donors (Lipinski definition) is 0. The number of hydrogen-bond acceptors (Lipinski definition) is 6. The smallest absolute Gasteiger partial charge is 0.306 e. The Hall–Kier alpha value is -1.85. The van der Waals surface area contributed by atoms with Gasteiger partial charge in [-0.3, -0.25) is 14.4 Å². The molecule has 0 rings (SSSR count). The summed E-state index contributed by atoms with van der Waals surface area (Å²) < 4.78 is 17.0. The van der Waals surface area contributed by atoms with Crippen LogP contribution in [0.4, 0.5) is 0 Å². The largest absolute Gasteiger partial charge is 0.462 e. The molecule has 0 amide bonds. The van der Waals surface area contributed by atoms with Crippen LogP contribution in [0, 0.1) is 0 Å². The van der Waals surface area contributed by atoms with Crippen LogP contribution >= 0.6 is 0 Å². The van der Waals surface area contributed by atoms with Gasteiger partial charge in [0.05, 0.1) is 0 Å². The van der Waals surface area contributed by atoms with Crippen molar-refractivity contribution in [2.24, 2.45) is 0 Å². The van der Waals surface area contributed by atoms with E-state index in [-0.39, 0.29) is 31.1 Å². The van der Waals surface area contributed by atoms with Gasteiger partial charge in [-0.1, -0.05) is 335 Å². The van der Waals surface area contributed by atoms with Crippen molar-refractivity contribution in [2.45, 2.75) is 393 Å². The quantitative estimate of drug-likeness (QED) is 0.0261. The molecule has 0 heterocycles. The van der Waals surface area contributed by atoms with E-state index in [0.29, 0.717) is 19.3 Å². The third-order valence-electron chi connectivity index (χ3n) is 15.5. The van der Waals surface area contributed by atoms with Gasteiger partial charge in [0.2, 0.25) is 0 Å². The minimum absolute atomic E-state index is 0.0650. The van der Waals surface area contributed by atoms with Gasteiger partial charge in [-0.05, 0) is 44.9 Å². The molecule has 0 saturated heterocycles. The number of rotatable bonds is 63. The van der Waals surface area contributed by atoms with Crippen molar-refractivity contribution < 1.29 is 28.6 Å². The van der Waals surface area contributed by atoms with E-state index in [2.05, 4.69) is 32.9 Å². The summed E-state index contributed by atoms with van der Waals surface area (Å²) in [6, 6.07) is 0. The number of ether oxygens (including phenoxy) is 3. The summed E-state index contributed by atoms with van der Waals surface area (Å²) in [4.78, 5) is 38.4. The zero-order valence-electron chi connectivity index (χ0n) is 50.4. The fraction of sp³-hybridized carbons (Fsp3) is 0.926. The Bertz CT molecular complexity index is 1150. The van der Waals surface area contributed by atoms with Gasteiger partial charge in [-0.25, -0.2) is 0 Å². The Balaban J connectivity index is 4.27. The van der Waals surface area contributed by atoms with Crippen molar-refractivity contribution in [3.8, 4) is 0 Å². The molecule has 1 atom stereocenters.